The van der Waals surface area contributed by atoms with Gasteiger partial charge in [0, 0.05) is 11.4 Å². The van der Waals surface area contributed by atoms with Crippen LogP contribution < -0.4 is 21.3 Å². The maximum Gasteiger partial charge on any atom is 0.241 e. The Balaban J connectivity index is 0.000000320. The van der Waals surface area contributed by atoms with E-state index in [1.807, 2.05) is 76.2 Å². The van der Waals surface area contributed by atoms with Crippen LogP contribution in [0.5, 0.6) is 0 Å². The van der Waals surface area contributed by atoms with Crippen LogP contribution in [0.1, 0.15) is 51.7 Å². The third kappa shape index (κ3) is 10.1. The molecule has 2 aromatic carbocycles. The van der Waals surface area contributed by atoms with Gasteiger partial charge in [-0.3, -0.25) is 9.59 Å². The number of nitrogens with one attached hydrogen (secondary N) is 4. The van der Waals surface area contributed by atoms with Gasteiger partial charge in [-0.25, -0.2) is 0 Å². The predicted octanol–water partition coefficient (Wildman–Crippen LogP) is 4.64. The largest absolute Gasteiger partial charge is 0.324 e. The first-order valence-electron chi connectivity index (χ1n) is 11.5. The molecule has 0 saturated carbocycles. The number of rotatable bonds is 10. The Labute approximate surface area is 193 Å². The summed E-state index contributed by atoms with van der Waals surface area (Å²) in [4.78, 5) is 23.6. The molecular formula is C26H40N4O2. The number of hydrogen-bond acceptors (Lipinski definition) is 4. The van der Waals surface area contributed by atoms with E-state index in [4.69, 9.17) is 0 Å². The molecule has 2 unspecified atom stereocenters. The van der Waals surface area contributed by atoms with Crippen LogP contribution in [0.2, 0.25) is 0 Å². The number of anilines is 2. The minimum Gasteiger partial charge on any atom is -0.324 e. The molecule has 176 valence electrons. The summed E-state index contributed by atoms with van der Waals surface area (Å²) in [6, 6.07) is 15.3. The highest BCUT2D eigenvalue weighted by atomic mass is 16.2. The van der Waals surface area contributed by atoms with Gasteiger partial charge in [-0.15, -0.1) is 0 Å². The Morgan fingerprint density at radius 1 is 0.688 bits per heavy atom. The molecule has 0 radical (unpaired) electrons. The Morgan fingerprint density at radius 2 is 1.03 bits per heavy atom. The van der Waals surface area contributed by atoms with Gasteiger partial charge in [0.1, 0.15) is 0 Å². The molecule has 4 N–H and O–H groups in total. The lowest BCUT2D eigenvalue weighted by Gasteiger charge is -2.14. The fourth-order valence-electron chi connectivity index (χ4n) is 2.82. The molecule has 6 heteroatoms. The third-order valence-electron chi connectivity index (χ3n) is 4.99. The number of amides is 2. The van der Waals surface area contributed by atoms with E-state index in [2.05, 4.69) is 35.1 Å². The van der Waals surface area contributed by atoms with Crippen LogP contribution in [-0.2, 0) is 9.59 Å². The van der Waals surface area contributed by atoms with Gasteiger partial charge in [-0.1, -0.05) is 50.2 Å². The molecule has 0 fully saturated rings. The summed E-state index contributed by atoms with van der Waals surface area (Å²) in [5.41, 5.74) is 3.94. The van der Waals surface area contributed by atoms with Crippen LogP contribution in [0.25, 0.3) is 0 Å². The molecule has 0 saturated heterocycles. The van der Waals surface area contributed by atoms with Crippen molar-refractivity contribution in [2.45, 2.75) is 66.5 Å². The van der Waals surface area contributed by atoms with Crippen molar-refractivity contribution in [3.8, 4) is 0 Å². The lowest BCUT2D eigenvalue weighted by molar-refractivity contribution is -0.118. The molecule has 6 nitrogen and oxygen atoms in total. The smallest absolute Gasteiger partial charge is 0.241 e. The first-order chi connectivity index (χ1) is 15.3. The summed E-state index contributed by atoms with van der Waals surface area (Å²) >= 11 is 0. The third-order valence-corrected chi connectivity index (χ3v) is 4.99. The van der Waals surface area contributed by atoms with Crippen LogP contribution >= 0.6 is 0 Å². The van der Waals surface area contributed by atoms with Crippen molar-refractivity contribution in [3.63, 3.8) is 0 Å². The highest BCUT2D eigenvalue weighted by Crippen LogP contribution is 2.14. The molecule has 0 aliphatic rings. The Bertz CT molecular complexity index is 769. The highest BCUT2D eigenvalue weighted by molar-refractivity contribution is 5.95. The Hall–Kier alpha value is -2.70. The molecule has 0 aromatic heterocycles. The predicted molar refractivity (Wildman–Crippen MR) is 135 cm³/mol. The van der Waals surface area contributed by atoms with Crippen molar-refractivity contribution < 1.29 is 9.59 Å². The molecule has 0 bridgehead atoms. The van der Waals surface area contributed by atoms with E-state index in [1.54, 1.807) is 0 Å². The van der Waals surface area contributed by atoms with Crippen molar-refractivity contribution >= 4 is 23.2 Å². The molecule has 32 heavy (non-hydrogen) atoms. The van der Waals surface area contributed by atoms with E-state index in [0.29, 0.717) is 0 Å². The summed E-state index contributed by atoms with van der Waals surface area (Å²) < 4.78 is 0. The van der Waals surface area contributed by atoms with Gasteiger partial charge >= 0.3 is 0 Å². The summed E-state index contributed by atoms with van der Waals surface area (Å²) in [7, 11) is 0. The number of carbonyl (C=O) groups is 2. The zero-order chi connectivity index (χ0) is 23.9. The summed E-state index contributed by atoms with van der Waals surface area (Å²) in [5.74, 6) is 0.0329. The molecule has 0 heterocycles. The van der Waals surface area contributed by atoms with Crippen molar-refractivity contribution in [2.24, 2.45) is 0 Å². The second kappa shape index (κ2) is 15.2. The Morgan fingerprint density at radius 3 is 1.34 bits per heavy atom. The summed E-state index contributed by atoms with van der Waals surface area (Å²) in [6.07, 6.45) is 2.06. The zero-order valence-corrected chi connectivity index (χ0v) is 20.4. The van der Waals surface area contributed by atoms with Crippen LogP contribution in [0.15, 0.2) is 48.5 Å². The topological polar surface area (TPSA) is 82.3 Å². The minimum absolute atomic E-state index is 0.0164. The number of aryl methyl sites for hydroxylation is 2. The maximum absolute atomic E-state index is 11.8. The van der Waals surface area contributed by atoms with Crippen molar-refractivity contribution in [1.29, 1.82) is 0 Å². The van der Waals surface area contributed by atoms with Gasteiger partial charge in [-0.2, -0.15) is 0 Å². The average molecular weight is 441 g/mol. The van der Waals surface area contributed by atoms with Gasteiger partial charge < -0.3 is 21.3 Å². The fraction of sp³-hybridized carbons (Fsp3) is 0.462. The van der Waals surface area contributed by atoms with E-state index in [0.717, 1.165) is 48.4 Å². The van der Waals surface area contributed by atoms with E-state index in [9.17, 15) is 9.59 Å². The molecule has 2 amide bonds. The van der Waals surface area contributed by atoms with Gasteiger partial charge in [0.05, 0.1) is 12.1 Å². The van der Waals surface area contributed by atoms with Crippen LogP contribution in [0.3, 0.4) is 0 Å². The molecule has 2 aromatic rings. The first-order valence-corrected chi connectivity index (χ1v) is 11.5. The summed E-state index contributed by atoms with van der Waals surface area (Å²) in [6.45, 7) is 13.6. The van der Waals surface area contributed by atoms with Crippen molar-refractivity contribution in [2.75, 3.05) is 23.7 Å². The molecule has 0 aliphatic carbocycles. The second-order valence-electron chi connectivity index (χ2n) is 7.96. The second-order valence-corrected chi connectivity index (χ2v) is 7.96. The normalized spacial score (nSPS) is 12.2. The number of carbonyl (C=O) groups excluding carboxylic acids is 2. The van der Waals surface area contributed by atoms with Crippen LogP contribution in [0.4, 0.5) is 11.4 Å². The van der Waals surface area contributed by atoms with Gasteiger partial charge in [0.15, 0.2) is 0 Å². The fourth-order valence-corrected chi connectivity index (χ4v) is 2.82. The molecule has 0 aliphatic heterocycles. The lowest BCUT2D eigenvalue weighted by Crippen LogP contribution is -2.38. The Kier molecular flexibility index (Phi) is 12.9. The molecule has 2 atom stereocenters. The average Bonchev–Trinajstić information content (AvgIpc) is 2.79. The van der Waals surface area contributed by atoms with Crippen molar-refractivity contribution in [3.05, 3.63) is 59.7 Å². The standard InChI is InChI=1S/2C13H20N2O/c2*1-4-9-14-11(3)13(16)15-12-8-6-5-7-10(12)2/h2*5-8,11,14H,4,9H2,1-3H3,(H,15,16). The van der Waals surface area contributed by atoms with Crippen LogP contribution in [-0.4, -0.2) is 37.0 Å². The maximum atomic E-state index is 11.8. The van der Waals surface area contributed by atoms with Gasteiger partial charge in [0.25, 0.3) is 0 Å². The zero-order valence-electron chi connectivity index (χ0n) is 20.4. The number of para-hydroxylation sites is 2. The monoisotopic (exact) mass is 440 g/mol. The molecular weight excluding hydrogens is 400 g/mol. The van der Waals surface area contributed by atoms with E-state index in [1.165, 1.54) is 0 Å². The van der Waals surface area contributed by atoms with E-state index >= 15 is 0 Å². The number of benzene rings is 2. The van der Waals surface area contributed by atoms with Crippen molar-refractivity contribution in [1.82, 2.24) is 10.6 Å². The summed E-state index contributed by atoms with van der Waals surface area (Å²) in [5, 5.41) is 12.2. The van der Waals surface area contributed by atoms with E-state index < -0.39 is 0 Å². The van der Waals surface area contributed by atoms with Crippen LogP contribution in [0, 0.1) is 13.8 Å². The molecule has 2 rings (SSSR count). The minimum atomic E-state index is -0.153. The van der Waals surface area contributed by atoms with Gasteiger partial charge in [0.2, 0.25) is 11.8 Å². The quantitative estimate of drug-likeness (QED) is 0.434. The number of hydrogen-bond donors (Lipinski definition) is 4. The SMILES string of the molecule is CCCNC(C)C(=O)Nc1ccccc1C.CCCNC(C)C(=O)Nc1ccccc1C. The highest BCUT2D eigenvalue weighted by Gasteiger charge is 2.13. The molecule has 0 spiro atoms. The lowest BCUT2D eigenvalue weighted by atomic mass is 10.2. The first kappa shape index (κ1) is 27.3. The van der Waals surface area contributed by atoms with Gasteiger partial charge in [-0.05, 0) is 76.9 Å². The van der Waals surface area contributed by atoms with E-state index in [-0.39, 0.29) is 23.9 Å².